The lowest BCUT2D eigenvalue weighted by Gasteiger charge is -2.31. The van der Waals surface area contributed by atoms with Gasteiger partial charge in [-0.3, -0.25) is 9.80 Å². The average molecular weight is 398 g/mol. The SMILES string of the molecule is COCCN(C)Cc1ccc(CC2CCN(Cc3cccc(OC)n3)CC2)cc1. The maximum Gasteiger partial charge on any atom is 0.213 e. The van der Waals surface area contributed by atoms with Crippen molar-refractivity contribution < 1.29 is 9.47 Å². The van der Waals surface area contributed by atoms with Crippen LogP contribution in [0, 0.1) is 5.92 Å². The molecule has 0 bridgehead atoms. The van der Waals surface area contributed by atoms with Crippen molar-refractivity contribution in [2.45, 2.75) is 32.4 Å². The minimum Gasteiger partial charge on any atom is -0.481 e. The van der Waals surface area contributed by atoms with Crippen molar-refractivity contribution in [3.05, 3.63) is 59.3 Å². The van der Waals surface area contributed by atoms with Gasteiger partial charge < -0.3 is 9.47 Å². The van der Waals surface area contributed by atoms with Crippen LogP contribution in [0.5, 0.6) is 5.88 Å². The summed E-state index contributed by atoms with van der Waals surface area (Å²) in [6.45, 7) is 5.91. The molecule has 0 radical (unpaired) electrons. The Labute approximate surface area is 175 Å². The summed E-state index contributed by atoms with van der Waals surface area (Å²) in [7, 11) is 5.56. The molecule has 2 heterocycles. The number of likely N-dealkylation sites (tertiary alicyclic amines) is 1. The van der Waals surface area contributed by atoms with Crippen LogP contribution in [-0.2, 0) is 24.2 Å². The van der Waals surface area contributed by atoms with E-state index in [4.69, 9.17) is 9.47 Å². The first-order chi connectivity index (χ1) is 14.2. The lowest BCUT2D eigenvalue weighted by atomic mass is 9.90. The molecule has 5 nitrogen and oxygen atoms in total. The van der Waals surface area contributed by atoms with Crippen LogP contribution in [0.4, 0.5) is 0 Å². The van der Waals surface area contributed by atoms with E-state index in [1.165, 1.54) is 30.4 Å². The van der Waals surface area contributed by atoms with Gasteiger partial charge in [0.25, 0.3) is 0 Å². The predicted octanol–water partition coefficient (Wildman–Crippen LogP) is 3.62. The maximum atomic E-state index is 5.24. The van der Waals surface area contributed by atoms with Crippen LogP contribution in [0.15, 0.2) is 42.5 Å². The number of likely N-dealkylation sites (N-methyl/N-ethyl adjacent to an activating group) is 1. The number of hydrogen-bond acceptors (Lipinski definition) is 5. The van der Waals surface area contributed by atoms with E-state index in [-0.39, 0.29) is 0 Å². The number of hydrogen-bond donors (Lipinski definition) is 0. The van der Waals surface area contributed by atoms with Gasteiger partial charge in [-0.1, -0.05) is 30.3 Å². The Kier molecular flexibility index (Phi) is 8.47. The summed E-state index contributed by atoms with van der Waals surface area (Å²) in [6.07, 6.45) is 3.70. The Bertz CT molecular complexity index is 727. The quantitative estimate of drug-likeness (QED) is 0.612. The molecule has 1 saturated heterocycles. The number of nitrogens with zero attached hydrogens (tertiary/aromatic N) is 3. The van der Waals surface area contributed by atoms with Gasteiger partial charge in [-0.05, 0) is 62.5 Å². The van der Waals surface area contributed by atoms with Crippen LogP contribution in [-0.4, -0.2) is 62.3 Å². The van der Waals surface area contributed by atoms with Crippen LogP contribution >= 0.6 is 0 Å². The molecule has 1 aliphatic heterocycles. The van der Waals surface area contributed by atoms with Crippen molar-refractivity contribution in [2.75, 3.05) is 47.5 Å². The lowest BCUT2D eigenvalue weighted by molar-refractivity contribution is 0.158. The molecule has 0 N–H and O–H groups in total. The second-order valence-corrected chi connectivity index (χ2v) is 8.14. The highest BCUT2D eigenvalue weighted by molar-refractivity contribution is 5.23. The Morgan fingerprint density at radius 2 is 1.76 bits per heavy atom. The maximum absolute atomic E-state index is 5.24. The molecule has 0 atom stereocenters. The number of aromatic nitrogens is 1. The molecule has 0 spiro atoms. The summed E-state index contributed by atoms with van der Waals surface area (Å²) >= 11 is 0. The first kappa shape index (κ1) is 21.8. The predicted molar refractivity (Wildman–Crippen MR) is 117 cm³/mol. The summed E-state index contributed by atoms with van der Waals surface area (Å²) in [5, 5.41) is 0. The second-order valence-electron chi connectivity index (χ2n) is 8.14. The van der Waals surface area contributed by atoms with Gasteiger partial charge in [0.05, 0.1) is 19.4 Å². The van der Waals surface area contributed by atoms with Crippen LogP contribution in [0.25, 0.3) is 0 Å². The van der Waals surface area contributed by atoms with E-state index in [0.717, 1.165) is 50.9 Å². The molecule has 0 saturated carbocycles. The second kappa shape index (κ2) is 11.3. The van der Waals surface area contributed by atoms with Crippen molar-refractivity contribution in [2.24, 2.45) is 5.92 Å². The van der Waals surface area contributed by atoms with Crippen molar-refractivity contribution in [1.82, 2.24) is 14.8 Å². The number of benzene rings is 1. The number of piperidine rings is 1. The molecule has 158 valence electrons. The molecular weight excluding hydrogens is 362 g/mol. The van der Waals surface area contributed by atoms with E-state index in [9.17, 15) is 0 Å². The molecule has 0 unspecified atom stereocenters. The molecule has 3 rings (SSSR count). The van der Waals surface area contributed by atoms with Gasteiger partial charge in [0.2, 0.25) is 5.88 Å². The van der Waals surface area contributed by atoms with Gasteiger partial charge in [0.1, 0.15) is 0 Å². The highest BCUT2D eigenvalue weighted by Gasteiger charge is 2.20. The van der Waals surface area contributed by atoms with E-state index < -0.39 is 0 Å². The molecule has 1 aliphatic rings. The van der Waals surface area contributed by atoms with Crippen LogP contribution in [0.2, 0.25) is 0 Å². The molecule has 1 fully saturated rings. The normalized spacial score (nSPS) is 15.7. The van der Waals surface area contributed by atoms with E-state index in [0.29, 0.717) is 5.88 Å². The van der Waals surface area contributed by atoms with Gasteiger partial charge in [0.15, 0.2) is 0 Å². The molecule has 2 aromatic rings. The molecule has 5 heteroatoms. The molecule has 0 amide bonds. The third-order valence-corrected chi connectivity index (χ3v) is 5.76. The summed E-state index contributed by atoms with van der Waals surface area (Å²) in [5.74, 6) is 1.48. The van der Waals surface area contributed by atoms with Crippen LogP contribution in [0.1, 0.15) is 29.7 Å². The van der Waals surface area contributed by atoms with Crippen molar-refractivity contribution in [3.8, 4) is 5.88 Å². The zero-order chi connectivity index (χ0) is 20.5. The van der Waals surface area contributed by atoms with Crippen LogP contribution < -0.4 is 4.74 Å². The average Bonchev–Trinajstić information content (AvgIpc) is 2.75. The minimum atomic E-state index is 0.700. The summed E-state index contributed by atoms with van der Waals surface area (Å²) in [6, 6.07) is 15.2. The van der Waals surface area contributed by atoms with Gasteiger partial charge in [-0.2, -0.15) is 0 Å². The first-order valence-corrected chi connectivity index (χ1v) is 10.6. The van der Waals surface area contributed by atoms with Crippen LogP contribution in [0.3, 0.4) is 0 Å². The van der Waals surface area contributed by atoms with Crippen molar-refractivity contribution >= 4 is 0 Å². The van der Waals surface area contributed by atoms with E-state index in [1.807, 2.05) is 12.1 Å². The Morgan fingerprint density at radius 1 is 1.03 bits per heavy atom. The zero-order valence-electron chi connectivity index (χ0n) is 18.1. The van der Waals surface area contributed by atoms with Gasteiger partial charge in [-0.15, -0.1) is 0 Å². The smallest absolute Gasteiger partial charge is 0.213 e. The monoisotopic (exact) mass is 397 g/mol. The number of ether oxygens (including phenoxy) is 2. The fourth-order valence-corrected chi connectivity index (χ4v) is 3.99. The van der Waals surface area contributed by atoms with Crippen molar-refractivity contribution in [3.63, 3.8) is 0 Å². The molecule has 1 aromatic carbocycles. The summed E-state index contributed by atoms with van der Waals surface area (Å²) < 4.78 is 10.4. The minimum absolute atomic E-state index is 0.700. The van der Waals surface area contributed by atoms with Gasteiger partial charge >= 0.3 is 0 Å². The topological polar surface area (TPSA) is 37.8 Å². The van der Waals surface area contributed by atoms with Gasteiger partial charge in [-0.25, -0.2) is 4.98 Å². The Balaban J connectivity index is 1.42. The highest BCUT2D eigenvalue weighted by atomic mass is 16.5. The van der Waals surface area contributed by atoms with E-state index in [1.54, 1.807) is 14.2 Å². The molecule has 0 aliphatic carbocycles. The standard InChI is InChI=1S/C24H35N3O2/c1-26(15-16-28-2)18-22-9-7-20(8-10-22)17-21-11-13-27(14-12-21)19-23-5-4-6-24(25-23)29-3/h4-10,21H,11-19H2,1-3H3. The number of pyridine rings is 1. The summed E-state index contributed by atoms with van der Waals surface area (Å²) in [5.41, 5.74) is 3.92. The zero-order valence-corrected chi connectivity index (χ0v) is 18.1. The van der Waals surface area contributed by atoms with E-state index in [2.05, 4.69) is 52.2 Å². The third kappa shape index (κ3) is 7.11. The Morgan fingerprint density at radius 3 is 2.45 bits per heavy atom. The summed E-state index contributed by atoms with van der Waals surface area (Å²) in [4.78, 5) is 9.35. The molecule has 1 aromatic heterocycles. The largest absolute Gasteiger partial charge is 0.481 e. The lowest BCUT2D eigenvalue weighted by Crippen LogP contribution is -2.34. The number of rotatable bonds is 10. The third-order valence-electron chi connectivity index (χ3n) is 5.76. The van der Waals surface area contributed by atoms with Gasteiger partial charge in [0, 0.05) is 32.8 Å². The first-order valence-electron chi connectivity index (χ1n) is 10.6. The fraction of sp³-hybridized carbons (Fsp3) is 0.542. The molecule has 29 heavy (non-hydrogen) atoms. The fourth-order valence-electron chi connectivity index (χ4n) is 3.99. The van der Waals surface area contributed by atoms with Crippen molar-refractivity contribution in [1.29, 1.82) is 0 Å². The highest BCUT2D eigenvalue weighted by Crippen LogP contribution is 2.23. The molecular formula is C24H35N3O2. The Hall–Kier alpha value is -1.95. The number of methoxy groups -OCH3 is 2. The van der Waals surface area contributed by atoms with E-state index >= 15 is 0 Å².